The first-order valence-corrected chi connectivity index (χ1v) is 11.0. The number of fused-ring (bicyclic) bond motifs is 2. The first-order chi connectivity index (χ1) is 15.9. The average molecular weight is 477 g/mol. The van der Waals surface area contributed by atoms with E-state index >= 15 is 0 Å². The molecule has 3 rings (SSSR count). The first-order valence-electron chi connectivity index (χ1n) is 11.0. The van der Waals surface area contributed by atoms with E-state index in [9.17, 15) is 19.8 Å². The number of rotatable bonds is 7. The number of allylic oxidation sites excluding steroid dienone is 4. The van der Waals surface area contributed by atoms with Gasteiger partial charge in [-0.1, -0.05) is 30.4 Å². The van der Waals surface area contributed by atoms with Gasteiger partial charge in [0.15, 0.2) is 6.10 Å². The molecule has 9 heteroatoms. The van der Waals surface area contributed by atoms with Gasteiger partial charge < -0.3 is 33.6 Å². The molecule has 2 saturated heterocycles. The van der Waals surface area contributed by atoms with Crippen LogP contribution in [-0.2, 0) is 19.0 Å². The molecular formula is C25H32O9. The van der Waals surface area contributed by atoms with Crippen LogP contribution < -0.4 is 10.4 Å². The van der Waals surface area contributed by atoms with Crippen LogP contribution in [0.4, 0.5) is 0 Å². The Labute approximate surface area is 198 Å². The Bertz CT molecular complexity index is 1050. The van der Waals surface area contributed by atoms with Crippen LogP contribution in [0.25, 0.3) is 6.08 Å². The van der Waals surface area contributed by atoms with Gasteiger partial charge in [-0.3, -0.25) is 4.79 Å². The summed E-state index contributed by atoms with van der Waals surface area (Å²) in [5, 5.41) is 21.2. The number of carbonyl (C=O) groups is 1. The molecule has 1 aromatic rings. The monoisotopic (exact) mass is 476 g/mol. The summed E-state index contributed by atoms with van der Waals surface area (Å²) in [6.07, 6.45) is 5.63. The molecule has 0 aromatic carbocycles. The lowest BCUT2D eigenvalue weighted by Gasteiger charge is -2.47. The van der Waals surface area contributed by atoms with Gasteiger partial charge >= 0.3 is 11.6 Å². The van der Waals surface area contributed by atoms with Crippen LogP contribution in [0.3, 0.4) is 0 Å². The highest BCUT2D eigenvalue weighted by atomic mass is 16.7. The molecular weight excluding hydrogens is 444 g/mol. The fraction of sp³-hybridized carbons (Fsp3) is 0.520. The van der Waals surface area contributed by atoms with Gasteiger partial charge in [0, 0.05) is 12.5 Å². The minimum absolute atomic E-state index is 0.388. The summed E-state index contributed by atoms with van der Waals surface area (Å²) >= 11 is 0. The normalized spacial score (nSPS) is 34.2. The lowest BCUT2D eigenvalue weighted by Crippen LogP contribution is -2.66. The summed E-state index contributed by atoms with van der Waals surface area (Å²) in [6.45, 7) is 7.98. The van der Waals surface area contributed by atoms with E-state index in [0.29, 0.717) is 17.1 Å². The molecule has 2 aliphatic rings. The molecule has 3 heterocycles. The molecule has 0 radical (unpaired) electrons. The van der Waals surface area contributed by atoms with Crippen molar-refractivity contribution in [3.63, 3.8) is 0 Å². The summed E-state index contributed by atoms with van der Waals surface area (Å²) in [4.78, 5) is 23.3. The molecule has 1 aromatic heterocycles. The van der Waals surface area contributed by atoms with Crippen molar-refractivity contribution in [3.8, 4) is 5.75 Å². The minimum atomic E-state index is -1.26. The van der Waals surface area contributed by atoms with E-state index in [0.717, 1.165) is 0 Å². The van der Waals surface area contributed by atoms with Crippen molar-refractivity contribution in [2.75, 3.05) is 7.11 Å². The van der Waals surface area contributed by atoms with Gasteiger partial charge in [0.05, 0.1) is 19.3 Å². The van der Waals surface area contributed by atoms with Gasteiger partial charge in [0.1, 0.15) is 41.0 Å². The SMILES string of the molecule is COc1cc(=O)oc(C=CC=CC=C[C@@H]2O[C@@]3(C)[C@@H](OC(C)=O)[C@](C)(O[C@@H]3[C@@H](C)O)[C@H]2O)c1C. The predicted octanol–water partition coefficient (Wildman–Crippen LogP) is 2.07. The van der Waals surface area contributed by atoms with E-state index in [-0.39, 0.29) is 0 Å². The largest absolute Gasteiger partial charge is 0.496 e. The Balaban J connectivity index is 1.76. The van der Waals surface area contributed by atoms with E-state index < -0.39 is 53.3 Å². The van der Waals surface area contributed by atoms with Crippen molar-refractivity contribution in [2.45, 2.75) is 76.3 Å². The standard InChI is InChI=1S/C25H32O9/c1-14-17(32-20(28)13-19(14)30-6)11-9-7-8-10-12-18-21(29)24(4)23(31-16(3)27)25(5,33-18)22(34-24)15(2)26/h7-13,15,18,21-23,26,29H,1-6H3/t15-,18+,21+,22-,23+,24-,25-/m1/s1. The molecule has 34 heavy (non-hydrogen) atoms. The number of aliphatic hydroxyl groups is 2. The van der Waals surface area contributed by atoms with Crippen LogP contribution in [0.15, 0.2) is 45.7 Å². The Morgan fingerprint density at radius 1 is 1.18 bits per heavy atom. The molecule has 9 nitrogen and oxygen atoms in total. The zero-order valence-electron chi connectivity index (χ0n) is 20.2. The molecule has 0 amide bonds. The summed E-state index contributed by atoms with van der Waals surface area (Å²) in [7, 11) is 1.48. The number of hydrogen-bond acceptors (Lipinski definition) is 9. The first kappa shape index (κ1) is 25.9. The topological polar surface area (TPSA) is 125 Å². The Hall–Kier alpha value is -2.72. The number of carbonyl (C=O) groups excluding carboxylic acids is 1. The molecule has 0 spiro atoms. The molecule has 0 aliphatic carbocycles. The Morgan fingerprint density at radius 2 is 1.85 bits per heavy atom. The highest BCUT2D eigenvalue weighted by Gasteiger charge is 2.71. The van der Waals surface area contributed by atoms with Crippen molar-refractivity contribution in [2.24, 2.45) is 0 Å². The van der Waals surface area contributed by atoms with Gasteiger partial charge in [0.2, 0.25) is 0 Å². The number of ether oxygens (including phenoxy) is 4. The lowest BCUT2D eigenvalue weighted by molar-refractivity contribution is -0.236. The number of esters is 1. The quantitative estimate of drug-likeness (QED) is 0.449. The van der Waals surface area contributed by atoms with Crippen LogP contribution in [0.5, 0.6) is 5.75 Å². The summed E-state index contributed by atoms with van der Waals surface area (Å²) < 4.78 is 28.0. The molecule has 2 aliphatic heterocycles. The second-order valence-corrected chi connectivity index (χ2v) is 8.92. The van der Waals surface area contributed by atoms with Crippen molar-refractivity contribution < 1.29 is 38.4 Å². The van der Waals surface area contributed by atoms with Crippen molar-refractivity contribution in [3.05, 3.63) is 58.2 Å². The molecule has 0 unspecified atom stereocenters. The van der Waals surface area contributed by atoms with Gasteiger partial charge in [0.25, 0.3) is 0 Å². The van der Waals surface area contributed by atoms with Crippen LogP contribution in [0, 0.1) is 6.92 Å². The number of hydrogen-bond donors (Lipinski definition) is 2. The summed E-state index contributed by atoms with van der Waals surface area (Å²) in [6, 6.07) is 1.28. The summed E-state index contributed by atoms with van der Waals surface area (Å²) in [5.74, 6) is 0.308. The van der Waals surface area contributed by atoms with Gasteiger partial charge in [-0.25, -0.2) is 4.79 Å². The zero-order valence-corrected chi connectivity index (χ0v) is 20.2. The Morgan fingerprint density at radius 3 is 2.47 bits per heavy atom. The fourth-order valence-corrected chi connectivity index (χ4v) is 4.70. The zero-order chi connectivity index (χ0) is 25.3. The predicted molar refractivity (Wildman–Crippen MR) is 123 cm³/mol. The van der Waals surface area contributed by atoms with Crippen LogP contribution in [0.1, 0.15) is 39.0 Å². The maximum atomic E-state index is 11.7. The average Bonchev–Trinajstić information content (AvgIpc) is 2.93. The second-order valence-electron chi connectivity index (χ2n) is 8.92. The fourth-order valence-electron chi connectivity index (χ4n) is 4.70. The van der Waals surface area contributed by atoms with E-state index in [1.807, 2.05) is 0 Å². The molecule has 2 fully saturated rings. The van der Waals surface area contributed by atoms with Crippen molar-refractivity contribution in [1.29, 1.82) is 0 Å². The van der Waals surface area contributed by atoms with Crippen molar-refractivity contribution in [1.82, 2.24) is 0 Å². The van der Waals surface area contributed by atoms with Crippen LogP contribution >= 0.6 is 0 Å². The molecule has 186 valence electrons. The van der Waals surface area contributed by atoms with Gasteiger partial charge in [-0.05, 0) is 33.8 Å². The molecule has 2 bridgehead atoms. The third-order valence-corrected chi connectivity index (χ3v) is 6.30. The van der Waals surface area contributed by atoms with Gasteiger partial charge in [-0.15, -0.1) is 0 Å². The van der Waals surface area contributed by atoms with Crippen LogP contribution in [-0.4, -0.2) is 65.0 Å². The highest BCUT2D eigenvalue weighted by Crippen LogP contribution is 2.51. The Kier molecular flexibility index (Phi) is 7.52. The second kappa shape index (κ2) is 9.87. The summed E-state index contributed by atoms with van der Waals surface area (Å²) in [5.41, 5.74) is -2.22. The van der Waals surface area contributed by atoms with Crippen LogP contribution in [0.2, 0.25) is 0 Å². The van der Waals surface area contributed by atoms with E-state index in [1.165, 1.54) is 20.1 Å². The molecule has 2 N–H and O–H groups in total. The lowest BCUT2D eigenvalue weighted by atomic mass is 9.77. The van der Waals surface area contributed by atoms with E-state index in [1.54, 1.807) is 64.2 Å². The molecule has 0 saturated carbocycles. The van der Waals surface area contributed by atoms with E-state index in [4.69, 9.17) is 23.4 Å². The number of methoxy groups -OCH3 is 1. The third kappa shape index (κ3) is 4.74. The minimum Gasteiger partial charge on any atom is -0.496 e. The smallest absolute Gasteiger partial charge is 0.339 e. The maximum Gasteiger partial charge on any atom is 0.339 e. The maximum absolute atomic E-state index is 11.7. The highest BCUT2D eigenvalue weighted by molar-refractivity contribution is 5.66. The van der Waals surface area contributed by atoms with E-state index in [2.05, 4.69) is 0 Å². The van der Waals surface area contributed by atoms with Gasteiger partial charge in [-0.2, -0.15) is 0 Å². The molecule has 7 atom stereocenters. The van der Waals surface area contributed by atoms with Crippen molar-refractivity contribution >= 4 is 12.0 Å². The third-order valence-electron chi connectivity index (χ3n) is 6.30. The number of aliphatic hydroxyl groups excluding tert-OH is 2.